The molecular formula is C23H25Cl2FN3O8PS. The third-order valence-electron chi connectivity index (χ3n) is 5.53. The fourth-order valence-corrected chi connectivity index (χ4v) is 5.23. The Bertz CT molecular complexity index is 1370. The van der Waals surface area contributed by atoms with Gasteiger partial charge in [-0.3, -0.25) is 14.6 Å². The predicted octanol–water partition coefficient (Wildman–Crippen LogP) is 4.61. The molecule has 1 aromatic heterocycles. The molecule has 39 heavy (non-hydrogen) atoms. The fraction of sp³-hybridized carbons (Fsp3) is 0.348. The van der Waals surface area contributed by atoms with E-state index in [0.717, 1.165) is 4.70 Å². The van der Waals surface area contributed by atoms with Crippen molar-refractivity contribution in [2.24, 2.45) is 0 Å². The molecule has 0 bridgehead atoms. The fourth-order valence-electron chi connectivity index (χ4n) is 3.51. The Morgan fingerprint density at radius 1 is 1.23 bits per heavy atom. The second-order valence-electron chi connectivity index (χ2n) is 8.40. The van der Waals surface area contributed by atoms with Crippen molar-refractivity contribution in [2.75, 3.05) is 25.6 Å². The first-order valence-electron chi connectivity index (χ1n) is 11.4. The summed E-state index contributed by atoms with van der Waals surface area (Å²) in [6, 6.07) is 8.39. The van der Waals surface area contributed by atoms with E-state index in [1.807, 2.05) is 0 Å². The second kappa shape index (κ2) is 13.8. The number of hydrogen-bond acceptors (Lipinski definition) is 8. The van der Waals surface area contributed by atoms with Crippen molar-refractivity contribution in [3.8, 4) is 0 Å². The van der Waals surface area contributed by atoms with Crippen LogP contribution in [0.2, 0.25) is 10.0 Å². The largest absolute Gasteiger partial charge is 0.469 e. The molecule has 0 unspecified atom stereocenters. The molecule has 0 saturated heterocycles. The van der Waals surface area contributed by atoms with Gasteiger partial charge >= 0.3 is 13.9 Å². The second-order valence-corrected chi connectivity index (χ2v) is 11.5. The highest BCUT2D eigenvalue weighted by atomic mass is 35.5. The Morgan fingerprint density at radius 2 is 1.97 bits per heavy atom. The molecule has 2 atom stereocenters. The van der Waals surface area contributed by atoms with Gasteiger partial charge in [-0.1, -0.05) is 46.7 Å². The van der Waals surface area contributed by atoms with Crippen LogP contribution in [-0.4, -0.2) is 69.2 Å². The van der Waals surface area contributed by atoms with Gasteiger partial charge in [-0.05, 0) is 42.7 Å². The van der Waals surface area contributed by atoms with E-state index in [1.165, 1.54) is 35.4 Å². The summed E-state index contributed by atoms with van der Waals surface area (Å²) >= 11 is 13.1. The van der Waals surface area contributed by atoms with Gasteiger partial charge in [0.2, 0.25) is 5.91 Å². The van der Waals surface area contributed by atoms with Gasteiger partial charge in [-0.2, -0.15) is 0 Å². The van der Waals surface area contributed by atoms with E-state index in [9.17, 15) is 23.7 Å². The smallest absolute Gasteiger partial charge is 0.447 e. The first-order chi connectivity index (χ1) is 18.3. The number of nitrogens with one attached hydrogen (secondary N) is 1. The van der Waals surface area contributed by atoms with E-state index < -0.39 is 44.4 Å². The normalized spacial score (nSPS) is 13.2. The Kier molecular flexibility index (Phi) is 11.1. The van der Waals surface area contributed by atoms with Gasteiger partial charge in [0.05, 0.1) is 34.0 Å². The van der Waals surface area contributed by atoms with E-state index in [4.69, 9.17) is 37.7 Å². The van der Waals surface area contributed by atoms with Crippen LogP contribution in [0, 0.1) is 5.82 Å². The minimum absolute atomic E-state index is 0.0777. The molecule has 3 rings (SSSR count). The SMILES string of the molecule is CN(C(=O)CCc1cccc(F)c1Cl)[C@H](COC(=O)Nc1nc2ccc(Cl)cc2s1)C[C@@H](O)COP(=O)(O)O. The molecule has 0 aliphatic heterocycles. The number of aromatic nitrogens is 1. The summed E-state index contributed by atoms with van der Waals surface area (Å²) in [6.45, 7) is -1.10. The number of anilines is 1. The van der Waals surface area contributed by atoms with Crippen LogP contribution in [0.1, 0.15) is 18.4 Å². The molecule has 0 radical (unpaired) electrons. The molecule has 0 aliphatic rings. The zero-order chi connectivity index (χ0) is 28.7. The lowest BCUT2D eigenvalue weighted by Crippen LogP contribution is -2.43. The molecule has 0 spiro atoms. The maximum absolute atomic E-state index is 13.7. The number of aryl methyl sites for hydroxylation is 1. The summed E-state index contributed by atoms with van der Waals surface area (Å²) < 4.78 is 35.0. The zero-order valence-electron chi connectivity index (χ0n) is 20.4. The van der Waals surface area contributed by atoms with Crippen molar-refractivity contribution in [2.45, 2.75) is 31.4 Å². The summed E-state index contributed by atoms with van der Waals surface area (Å²) in [7, 11) is -3.43. The van der Waals surface area contributed by atoms with E-state index in [2.05, 4.69) is 14.8 Å². The van der Waals surface area contributed by atoms with Gasteiger partial charge in [-0.15, -0.1) is 0 Å². The highest BCUT2D eigenvalue weighted by Gasteiger charge is 2.27. The number of ether oxygens (including phenoxy) is 1. The van der Waals surface area contributed by atoms with Crippen molar-refractivity contribution in [1.82, 2.24) is 9.88 Å². The van der Waals surface area contributed by atoms with E-state index in [0.29, 0.717) is 16.1 Å². The molecule has 0 aliphatic carbocycles. The molecule has 212 valence electrons. The lowest BCUT2D eigenvalue weighted by molar-refractivity contribution is -0.133. The molecule has 11 nitrogen and oxygen atoms in total. The number of phosphoric acid groups is 1. The van der Waals surface area contributed by atoms with E-state index in [1.54, 1.807) is 24.3 Å². The molecule has 2 aromatic carbocycles. The number of likely N-dealkylation sites (N-methyl/N-ethyl adjacent to an activating group) is 1. The molecule has 0 saturated carbocycles. The van der Waals surface area contributed by atoms with Gasteiger partial charge in [-0.25, -0.2) is 18.7 Å². The Morgan fingerprint density at radius 3 is 2.69 bits per heavy atom. The third kappa shape index (κ3) is 9.66. The minimum atomic E-state index is -4.84. The summed E-state index contributed by atoms with van der Waals surface area (Å²) in [6.07, 6.45) is -2.48. The first-order valence-corrected chi connectivity index (χ1v) is 14.5. The van der Waals surface area contributed by atoms with Gasteiger partial charge < -0.3 is 24.5 Å². The van der Waals surface area contributed by atoms with Crippen LogP contribution in [-0.2, 0) is 25.0 Å². The zero-order valence-corrected chi connectivity index (χ0v) is 23.6. The van der Waals surface area contributed by atoms with Crippen LogP contribution in [0.15, 0.2) is 36.4 Å². The van der Waals surface area contributed by atoms with Gasteiger partial charge in [0.25, 0.3) is 0 Å². The lowest BCUT2D eigenvalue weighted by atomic mass is 10.1. The van der Waals surface area contributed by atoms with Gasteiger partial charge in [0.15, 0.2) is 5.13 Å². The average molecular weight is 624 g/mol. The van der Waals surface area contributed by atoms with Crippen LogP contribution in [0.3, 0.4) is 0 Å². The summed E-state index contributed by atoms with van der Waals surface area (Å²) in [5.74, 6) is -1.05. The summed E-state index contributed by atoms with van der Waals surface area (Å²) in [5.41, 5.74) is 1.05. The number of aliphatic hydroxyl groups excluding tert-OH is 1. The highest BCUT2D eigenvalue weighted by Crippen LogP contribution is 2.36. The minimum Gasteiger partial charge on any atom is -0.447 e. The number of benzene rings is 2. The van der Waals surface area contributed by atoms with Crippen molar-refractivity contribution in [1.29, 1.82) is 0 Å². The van der Waals surface area contributed by atoms with Crippen LogP contribution in [0.5, 0.6) is 0 Å². The van der Waals surface area contributed by atoms with Crippen molar-refractivity contribution < 1.29 is 42.7 Å². The number of amides is 2. The molecule has 2 amide bonds. The van der Waals surface area contributed by atoms with Crippen molar-refractivity contribution in [3.63, 3.8) is 0 Å². The number of phosphoric ester groups is 1. The molecule has 4 N–H and O–H groups in total. The monoisotopic (exact) mass is 623 g/mol. The molecule has 0 fully saturated rings. The van der Waals surface area contributed by atoms with Crippen molar-refractivity contribution in [3.05, 3.63) is 57.8 Å². The summed E-state index contributed by atoms with van der Waals surface area (Å²) in [5, 5.41) is 13.4. The number of halogens is 3. The Balaban J connectivity index is 1.64. The highest BCUT2D eigenvalue weighted by molar-refractivity contribution is 7.46. The van der Waals surface area contributed by atoms with Gasteiger partial charge in [0.1, 0.15) is 12.4 Å². The molecule has 3 aromatic rings. The number of aliphatic hydroxyl groups is 1. The van der Waals surface area contributed by atoms with Crippen LogP contribution < -0.4 is 5.32 Å². The van der Waals surface area contributed by atoms with Crippen LogP contribution in [0.4, 0.5) is 14.3 Å². The Hall–Kier alpha value is -2.35. The van der Waals surface area contributed by atoms with Crippen LogP contribution in [0.25, 0.3) is 10.2 Å². The van der Waals surface area contributed by atoms with Crippen LogP contribution >= 0.6 is 42.4 Å². The van der Waals surface area contributed by atoms with E-state index >= 15 is 0 Å². The lowest BCUT2D eigenvalue weighted by Gasteiger charge is -2.29. The number of hydrogen-bond donors (Lipinski definition) is 4. The first kappa shape index (κ1) is 31.2. The third-order valence-corrected chi connectivity index (χ3v) is 7.60. The van der Waals surface area contributed by atoms with E-state index in [-0.39, 0.29) is 36.0 Å². The topological polar surface area (TPSA) is 159 Å². The standard InChI is InChI=1S/C23H25Cl2FN3O8PS/c1-29(20(31)8-5-13-3-2-4-17(26)21(13)25)15(10-16(30)12-37-38(33,34)35)11-36-23(32)28-22-27-18-7-6-14(24)9-19(18)39-22/h2-4,6-7,9,15-16,30H,5,8,10-12H2,1H3,(H,27,28,32)(H2,33,34,35)/t15-,16+/m0/s1. The van der Waals surface area contributed by atoms with Gasteiger partial charge in [0, 0.05) is 18.5 Å². The maximum atomic E-state index is 13.7. The number of rotatable bonds is 12. The molecule has 16 heteroatoms. The van der Waals surface area contributed by atoms with Crippen molar-refractivity contribution >= 4 is 69.7 Å². The number of carbonyl (C=O) groups excluding carboxylic acids is 2. The number of carbonyl (C=O) groups is 2. The summed E-state index contributed by atoms with van der Waals surface area (Å²) in [4.78, 5) is 48.6. The number of thiazole rings is 1. The maximum Gasteiger partial charge on any atom is 0.469 e. The average Bonchev–Trinajstić information content (AvgIpc) is 3.26. The molecule has 1 heterocycles. The number of fused-ring (bicyclic) bond motifs is 1. The quantitative estimate of drug-likeness (QED) is 0.211. The Labute approximate surface area is 236 Å². The number of nitrogens with zero attached hydrogens (tertiary/aromatic N) is 2. The molecular weight excluding hydrogens is 599 g/mol. The predicted molar refractivity (Wildman–Crippen MR) is 145 cm³/mol.